The number of ether oxygens (including phenoxy) is 1. The van der Waals surface area contributed by atoms with E-state index in [2.05, 4.69) is 10.0 Å². The Labute approximate surface area is 122 Å². The average Bonchev–Trinajstić information content (AvgIpc) is 2.90. The summed E-state index contributed by atoms with van der Waals surface area (Å²) < 4.78 is 50.0. The molecule has 2 N–H and O–H groups in total. The summed E-state index contributed by atoms with van der Waals surface area (Å²) in [7, 11) is -0.859. The van der Waals surface area contributed by atoms with Gasteiger partial charge in [0.1, 0.15) is 17.3 Å². The van der Waals surface area contributed by atoms with Crippen LogP contribution in [0.1, 0.15) is 5.76 Å². The van der Waals surface area contributed by atoms with Crippen LogP contribution in [0, 0.1) is 5.82 Å². The lowest BCUT2D eigenvalue weighted by molar-refractivity contribution is 0.407. The van der Waals surface area contributed by atoms with Gasteiger partial charge in [-0.1, -0.05) is 0 Å². The van der Waals surface area contributed by atoms with Crippen molar-refractivity contribution in [3.05, 3.63) is 41.9 Å². The van der Waals surface area contributed by atoms with Gasteiger partial charge in [0.25, 0.3) is 10.0 Å². The molecule has 21 heavy (non-hydrogen) atoms. The van der Waals surface area contributed by atoms with Crippen LogP contribution in [0.15, 0.2) is 39.8 Å². The van der Waals surface area contributed by atoms with Gasteiger partial charge < -0.3 is 14.5 Å². The fraction of sp³-hybridized carbons (Fsp3) is 0.231. The summed E-state index contributed by atoms with van der Waals surface area (Å²) in [6, 6.07) is 6.42. The maximum Gasteiger partial charge on any atom is 0.295 e. The summed E-state index contributed by atoms with van der Waals surface area (Å²) in [6.45, 7) is 0.412. The fourth-order valence-electron chi connectivity index (χ4n) is 1.72. The van der Waals surface area contributed by atoms with E-state index in [0.717, 1.165) is 12.1 Å². The summed E-state index contributed by atoms with van der Waals surface area (Å²) in [5.41, 5.74) is 0.130. The zero-order valence-electron chi connectivity index (χ0n) is 11.5. The molecular formula is C13H15FN2O4S. The highest BCUT2D eigenvalue weighted by atomic mass is 32.2. The number of methoxy groups -OCH3 is 1. The quantitative estimate of drug-likeness (QED) is 0.852. The predicted octanol–water partition coefficient (Wildman–Crippen LogP) is 1.95. The minimum Gasteiger partial charge on any atom is -0.494 e. The highest BCUT2D eigenvalue weighted by Crippen LogP contribution is 2.28. The van der Waals surface area contributed by atoms with Crippen molar-refractivity contribution in [3.8, 4) is 5.75 Å². The predicted molar refractivity (Wildman–Crippen MR) is 75.2 cm³/mol. The number of hydrogen-bond donors (Lipinski definition) is 2. The van der Waals surface area contributed by atoms with Crippen molar-refractivity contribution in [1.29, 1.82) is 0 Å². The minimum absolute atomic E-state index is 0.0839. The minimum atomic E-state index is -3.90. The van der Waals surface area contributed by atoms with E-state index in [0.29, 0.717) is 12.3 Å². The van der Waals surface area contributed by atoms with Crippen LogP contribution in [0.2, 0.25) is 0 Å². The van der Waals surface area contributed by atoms with Crippen LogP contribution in [-0.2, 0) is 16.6 Å². The Morgan fingerprint density at radius 1 is 1.29 bits per heavy atom. The molecule has 1 heterocycles. The highest BCUT2D eigenvalue weighted by molar-refractivity contribution is 7.92. The summed E-state index contributed by atoms with van der Waals surface area (Å²) in [5, 5.41) is 2.63. The molecule has 2 aromatic rings. The molecule has 0 aliphatic carbocycles. The smallest absolute Gasteiger partial charge is 0.295 e. The van der Waals surface area contributed by atoms with E-state index in [1.807, 2.05) is 0 Å². The van der Waals surface area contributed by atoms with Crippen molar-refractivity contribution in [2.24, 2.45) is 0 Å². The number of rotatable bonds is 6. The van der Waals surface area contributed by atoms with Gasteiger partial charge in [-0.2, -0.15) is 8.42 Å². The highest BCUT2D eigenvalue weighted by Gasteiger charge is 2.20. The van der Waals surface area contributed by atoms with Crippen molar-refractivity contribution in [2.75, 3.05) is 18.9 Å². The summed E-state index contributed by atoms with van der Waals surface area (Å²) in [5.74, 6) is 0.0497. The van der Waals surface area contributed by atoms with E-state index in [9.17, 15) is 12.8 Å². The van der Waals surface area contributed by atoms with Crippen LogP contribution in [0.3, 0.4) is 0 Å². The summed E-state index contributed by atoms with van der Waals surface area (Å²) in [6.07, 6.45) is 0. The van der Waals surface area contributed by atoms with Crippen LogP contribution in [0.4, 0.5) is 10.1 Å². The third-order valence-electron chi connectivity index (χ3n) is 2.66. The standard InChI is InChI=1S/C13H15FN2O4S/c1-15-8-10-4-6-13(20-10)21(17,18)16-11-5-3-9(14)7-12(11)19-2/h3-7,15-16H,8H2,1-2H3. The maximum atomic E-state index is 13.1. The number of hydrogen-bond acceptors (Lipinski definition) is 5. The lowest BCUT2D eigenvalue weighted by atomic mass is 10.3. The first-order chi connectivity index (χ1) is 9.96. The summed E-state index contributed by atoms with van der Waals surface area (Å²) >= 11 is 0. The summed E-state index contributed by atoms with van der Waals surface area (Å²) in [4.78, 5) is 0. The second-order valence-electron chi connectivity index (χ2n) is 4.20. The topological polar surface area (TPSA) is 80.6 Å². The lowest BCUT2D eigenvalue weighted by Crippen LogP contribution is -2.13. The molecule has 0 saturated carbocycles. The molecule has 0 amide bonds. The zero-order valence-corrected chi connectivity index (χ0v) is 12.3. The van der Waals surface area contributed by atoms with Crippen molar-refractivity contribution in [2.45, 2.75) is 11.6 Å². The third kappa shape index (κ3) is 3.53. The molecule has 0 radical (unpaired) electrons. The number of anilines is 1. The van der Waals surface area contributed by atoms with E-state index >= 15 is 0 Å². The molecule has 0 bridgehead atoms. The van der Waals surface area contributed by atoms with Gasteiger partial charge in [0, 0.05) is 6.07 Å². The second kappa shape index (κ2) is 6.15. The second-order valence-corrected chi connectivity index (χ2v) is 5.81. The molecule has 0 unspecified atom stereocenters. The largest absolute Gasteiger partial charge is 0.494 e. The SMILES string of the molecule is CNCc1ccc(S(=O)(=O)Nc2ccc(F)cc2OC)o1. The molecule has 1 aromatic carbocycles. The molecule has 0 aliphatic heterocycles. The van der Waals surface area contributed by atoms with Gasteiger partial charge in [0.15, 0.2) is 0 Å². The van der Waals surface area contributed by atoms with Crippen LogP contribution in [0.25, 0.3) is 0 Å². The molecule has 114 valence electrons. The average molecular weight is 314 g/mol. The van der Waals surface area contributed by atoms with E-state index < -0.39 is 15.8 Å². The Balaban J connectivity index is 2.28. The Morgan fingerprint density at radius 2 is 2.05 bits per heavy atom. The van der Waals surface area contributed by atoms with Gasteiger partial charge in [-0.3, -0.25) is 4.72 Å². The number of halogens is 1. The number of nitrogens with one attached hydrogen (secondary N) is 2. The Bertz CT molecular complexity index is 728. The zero-order chi connectivity index (χ0) is 15.5. The molecule has 0 atom stereocenters. The van der Waals surface area contributed by atoms with Gasteiger partial charge in [0.2, 0.25) is 5.09 Å². The monoisotopic (exact) mass is 314 g/mol. The third-order valence-corrected chi connectivity index (χ3v) is 3.90. The Kier molecular flexibility index (Phi) is 4.49. The van der Waals surface area contributed by atoms with Gasteiger partial charge in [-0.15, -0.1) is 0 Å². The first-order valence-electron chi connectivity index (χ1n) is 6.06. The molecule has 6 nitrogen and oxygen atoms in total. The van der Waals surface area contributed by atoms with E-state index in [1.165, 1.54) is 19.2 Å². The molecule has 1 aromatic heterocycles. The number of sulfonamides is 1. The maximum absolute atomic E-state index is 13.1. The van der Waals surface area contributed by atoms with Gasteiger partial charge >= 0.3 is 0 Å². The van der Waals surface area contributed by atoms with Crippen LogP contribution in [-0.4, -0.2) is 22.6 Å². The molecule has 0 fully saturated rings. The van der Waals surface area contributed by atoms with Crippen molar-refractivity contribution in [1.82, 2.24) is 5.32 Å². The van der Waals surface area contributed by atoms with Gasteiger partial charge in [-0.05, 0) is 31.3 Å². The number of furan rings is 1. The van der Waals surface area contributed by atoms with E-state index in [4.69, 9.17) is 9.15 Å². The van der Waals surface area contributed by atoms with Crippen molar-refractivity contribution < 1.29 is 22.0 Å². The molecular weight excluding hydrogens is 299 g/mol. The van der Waals surface area contributed by atoms with Gasteiger partial charge in [-0.25, -0.2) is 4.39 Å². The lowest BCUT2D eigenvalue weighted by Gasteiger charge is -2.10. The molecule has 0 aliphatic rings. The van der Waals surface area contributed by atoms with Gasteiger partial charge in [0.05, 0.1) is 19.3 Å². The molecule has 8 heteroatoms. The Hall–Kier alpha value is -2.06. The van der Waals surface area contributed by atoms with Crippen LogP contribution >= 0.6 is 0 Å². The normalized spacial score (nSPS) is 11.4. The van der Waals surface area contributed by atoms with Crippen molar-refractivity contribution in [3.63, 3.8) is 0 Å². The number of benzene rings is 1. The fourth-order valence-corrected chi connectivity index (χ4v) is 2.74. The van der Waals surface area contributed by atoms with Crippen LogP contribution in [0.5, 0.6) is 5.75 Å². The first kappa shape index (κ1) is 15.3. The van der Waals surface area contributed by atoms with E-state index in [1.54, 1.807) is 13.1 Å². The molecule has 0 spiro atoms. The molecule has 0 saturated heterocycles. The Morgan fingerprint density at radius 3 is 2.71 bits per heavy atom. The first-order valence-corrected chi connectivity index (χ1v) is 7.54. The van der Waals surface area contributed by atoms with Crippen LogP contribution < -0.4 is 14.8 Å². The van der Waals surface area contributed by atoms with Crippen molar-refractivity contribution >= 4 is 15.7 Å². The van der Waals surface area contributed by atoms with E-state index in [-0.39, 0.29) is 16.5 Å². The molecule has 2 rings (SSSR count).